The molecule has 0 atom stereocenters. The second-order valence-corrected chi connectivity index (χ2v) is 5.11. The molecule has 0 fully saturated rings. The van der Waals surface area contributed by atoms with E-state index < -0.39 is 0 Å². The van der Waals surface area contributed by atoms with Gasteiger partial charge in [-0.2, -0.15) is 5.26 Å². The Morgan fingerprint density at radius 2 is 2.33 bits per heavy atom. The van der Waals surface area contributed by atoms with Crippen LogP contribution in [-0.4, -0.2) is 15.7 Å². The highest BCUT2D eigenvalue weighted by Crippen LogP contribution is 2.23. The molecule has 1 heterocycles. The van der Waals surface area contributed by atoms with Gasteiger partial charge in [0, 0.05) is 6.20 Å². The third-order valence-corrected chi connectivity index (χ3v) is 3.08. The minimum absolute atomic E-state index is 0.202. The van der Waals surface area contributed by atoms with Gasteiger partial charge in [0.25, 0.3) is 0 Å². The topological polar surface area (TPSA) is 49.6 Å². The predicted octanol–water partition coefficient (Wildman–Crippen LogP) is 2.90. The van der Waals surface area contributed by atoms with Gasteiger partial charge in [-0.15, -0.1) is 11.8 Å². The minimum Gasteiger partial charge on any atom is -0.245 e. The van der Waals surface area contributed by atoms with Crippen molar-refractivity contribution in [1.82, 2.24) is 9.97 Å². The van der Waals surface area contributed by atoms with Gasteiger partial charge in [-0.1, -0.05) is 0 Å². The summed E-state index contributed by atoms with van der Waals surface area (Å²) < 4.78 is 0. The van der Waals surface area contributed by atoms with Crippen LogP contribution < -0.4 is 0 Å². The summed E-state index contributed by atoms with van der Waals surface area (Å²) in [7, 11) is 0. The highest BCUT2D eigenvalue weighted by Gasteiger charge is 2.15. The molecule has 0 N–H and O–H groups in total. The first kappa shape index (κ1) is 12.0. The van der Waals surface area contributed by atoms with E-state index in [9.17, 15) is 0 Å². The fourth-order valence-corrected chi connectivity index (χ4v) is 1.89. The van der Waals surface area contributed by atoms with Gasteiger partial charge in [0.2, 0.25) is 0 Å². The number of nitriles is 1. The summed E-state index contributed by atoms with van der Waals surface area (Å²) >= 11 is 1.71. The quantitative estimate of drug-likeness (QED) is 0.436. The summed E-state index contributed by atoms with van der Waals surface area (Å²) in [5.41, 5.74) is -0.202. The highest BCUT2D eigenvalue weighted by atomic mass is 32.2. The van der Waals surface area contributed by atoms with Gasteiger partial charge in [-0.3, -0.25) is 0 Å². The van der Waals surface area contributed by atoms with Gasteiger partial charge in [-0.25, -0.2) is 9.97 Å². The van der Waals surface area contributed by atoms with Gasteiger partial charge in [0.1, 0.15) is 6.33 Å². The Morgan fingerprint density at radius 1 is 1.53 bits per heavy atom. The van der Waals surface area contributed by atoms with Crippen LogP contribution in [0.4, 0.5) is 0 Å². The Hall–Kier alpha value is -1.08. The molecule has 1 aromatic heterocycles. The van der Waals surface area contributed by atoms with Crippen LogP contribution in [0.25, 0.3) is 0 Å². The monoisotopic (exact) mass is 221 g/mol. The van der Waals surface area contributed by atoms with Gasteiger partial charge < -0.3 is 0 Å². The molecule has 0 aliphatic rings. The van der Waals surface area contributed by atoms with E-state index in [-0.39, 0.29) is 5.41 Å². The van der Waals surface area contributed by atoms with Crippen molar-refractivity contribution >= 4 is 11.8 Å². The average molecular weight is 221 g/mol. The van der Waals surface area contributed by atoms with Crippen molar-refractivity contribution in [2.45, 2.75) is 31.7 Å². The zero-order chi connectivity index (χ0) is 11.1. The van der Waals surface area contributed by atoms with E-state index in [0.29, 0.717) is 0 Å². The molecule has 3 nitrogen and oxygen atoms in total. The van der Waals surface area contributed by atoms with E-state index in [1.807, 2.05) is 19.9 Å². The Labute approximate surface area is 94.9 Å². The Balaban J connectivity index is 2.21. The summed E-state index contributed by atoms with van der Waals surface area (Å²) in [4.78, 5) is 7.98. The normalized spacial score (nSPS) is 11.0. The molecular formula is C11H15N3S. The van der Waals surface area contributed by atoms with E-state index in [4.69, 9.17) is 5.26 Å². The Morgan fingerprint density at radius 3 is 2.93 bits per heavy atom. The molecule has 0 aromatic carbocycles. The van der Waals surface area contributed by atoms with Crippen LogP contribution in [0.3, 0.4) is 0 Å². The first-order valence-corrected chi connectivity index (χ1v) is 5.93. The molecule has 80 valence electrons. The largest absolute Gasteiger partial charge is 0.245 e. The van der Waals surface area contributed by atoms with E-state index in [0.717, 1.165) is 23.6 Å². The van der Waals surface area contributed by atoms with E-state index in [2.05, 4.69) is 16.0 Å². The fraction of sp³-hybridized carbons (Fsp3) is 0.545. The molecule has 1 aromatic rings. The number of aromatic nitrogens is 2. The van der Waals surface area contributed by atoms with Crippen LogP contribution in [0.2, 0.25) is 0 Å². The molecule has 0 saturated carbocycles. The lowest BCUT2D eigenvalue weighted by atomic mass is 9.90. The molecule has 0 aliphatic carbocycles. The van der Waals surface area contributed by atoms with Crippen LogP contribution in [0.1, 0.15) is 26.7 Å². The number of nitrogens with zero attached hydrogens (tertiary/aromatic N) is 3. The van der Waals surface area contributed by atoms with Crippen LogP contribution in [-0.2, 0) is 0 Å². The molecule has 15 heavy (non-hydrogen) atoms. The lowest BCUT2D eigenvalue weighted by Crippen LogP contribution is -2.07. The third kappa shape index (κ3) is 4.80. The van der Waals surface area contributed by atoms with Crippen LogP contribution in [0.5, 0.6) is 0 Å². The lowest BCUT2D eigenvalue weighted by Gasteiger charge is -2.13. The van der Waals surface area contributed by atoms with Gasteiger partial charge in [-0.05, 0) is 38.5 Å². The van der Waals surface area contributed by atoms with Crippen LogP contribution >= 0.6 is 11.8 Å². The lowest BCUT2D eigenvalue weighted by molar-refractivity contribution is 0.448. The van der Waals surface area contributed by atoms with Gasteiger partial charge in [0.05, 0.1) is 16.5 Å². The molecule has 0 amide bonds. The van der Waals surface area contributed by atoms with Crippen LogP contribution in [0.15, 0.2) is 23.6 Å². The van der Waals surface area contributed by atoms with E-state index in [1.165, 1.54) is 0 Å². The second kappa shape index (κ2) is 5.72. The molecule has 4 heteroatoms. The standard InChI is InChI=1S/C11H15N3S/c1-11(2,8-12)5-3-7-15-10-4-6-13-9-14-10/h4,6,9H,3,5,7H2,1-2H3. The second-order valence-electron chi connectivity index (χ2n) is 4.00. The number of rotatable bonds is 5. The van der Waals surface area contributed by atoms with Crippen molar-refractivity contribution in [3.63, 3.8) is 0 Å². The molecular weight excluding hydrogens is 206 g/mol. The maximum atomic E-state index is 8.83. The van der Waals surface area contributed by atoms with Crippen molar-refractivity contribution in [2.75, 3.05) is 5.75 Å². The molecule has 1 rings (SSSR count). The summed E-state index contributed by atoms with van der Waals surface area (Å²) in [6, 6.07) is 4.21. The van der Waals surface area contributed by atoms with Crippen LogP contribution in [0, 0.1) is 16.7 Å². The number of hydrogen-bond donors (Lipinski definition) is 0. The minimum atomic E-state index is -0.202. The predicted molar refractivity (Wildman–Crippen MR) is 61.4 cm³/mol. The first-order chi connectivity index (χ1) is 7.14. The fourth-order valence-electron chi connectivity index (χ4n) is 1.11. The summed E-state index contributed by atoms with van der Waals surface area (Å²) in [5, 5.41) is 9.83. The number of thioether (sulfide) groups is 1. The van der Waals surface area contributed by atoms with Crippen molar-refractivity contribution in [1.29, 1.82) is 5.26 Å². The summed E-state index contributed by atoms with van der Waals surface area (Å²) in [6.45, 7) is 3.95. The number of hydrogen-bond acceptors (Lipinski definition) is 4. The summed E-state index contributed by atoms with van der Waals surface area (Å²) in [6.07, 6.45) is 5.27. The highest BCUT2D eigenvalue weighted by molar-refractivity contribution is 7.99. The van der Waals surface area contributed by atoms with Crippen molar-refractivity contribution in [3.05, 3.63) is 18.6 Å². The molecule has 0 unspecified atom stereocenters. The third-order valence-electron chi connectivity index (χ3n) is 2.05. The Kier molecular flexibility index (Phi) is 4.57. The van der Waals surface area contributed by atoms with Gasteiger partial charge in [0.15, 0.2) is 0 Å². The first-order valence-electron chi connectivity index (χ1n) is 4.94. The zero-order valence-electron chi connectivity index (χ0n) is 9.10. The summed E-state index contributed by atoms with van der Waals surface area (Å²) in [5.74, 6) is 1.00. The molecule has 0 spiro atoms. The van der Waals surface area contributed by atoms with E-state index >= 15 is 0 Å². The van der Waals surface area contributed by atoms with Crippen molar-refractivity contribution in [3.8, 4) is 6.07 Å². The molecule has 0 bridgehead atoms. The van der Waals surface area contributed by atoms with Crippen molar-refractivity contribution < 1.29 is 0 Å². The molecule has 0 radical (unpaired) electrons. The Bertz CT molecular complexity index is 329. The SMILES string of the molecule is CC(C)(C#N)CCCSc1ccncn1. The maximum absolute atomic E-state index is 8.83. The smallest absolute Gasteiger partial charge is 0.116 e. The van der Waals surface area contributed by atoms with Crippen molar-refractivity contribution in [2.24, 2.45) is 5.41 Å². The molecule has 0 saturated heterocycles. The van der Waals surface area contributed by atoms with E-state index in [1.54, 1.807) is 24.3 Å². The average Bonchev–Trinajstić information content (AvgIpc) is 2.26. The maximum Gasteiger partial charge on any atom is 0.116 e. The molecule has 0 aliphatic heterocycles. The van der Waals surface area contributed by atoms with Gasteiger partial charge >= 0.3 is 0 Å². The zero-order valence-corrected chi connectivity index (χ0v) is 9.92.